The lowest BCUT2D eigenvalue weighted by molar-refractivity contribution is -0.153. The van der Waals surface area contributed by atoms with Gasteiger partial charge in [0, 0.05) is 11.5 Å². The van der Waals surface area contributed by atoms with E-state index in [1.807, 2.05) is 0 Å². The third-order valence-corrected chi connectivity index (χ3v) is 2.47. The molecule has 0 aliphatic carbocycles. The largest absolute Gasteiger partial charge is 0.482 e. The Labute approximate surface area is 109 Å². The average Bonchev–Trinajstić information content (AvgIpc) is 2.35. The number of hydrogen-bond donors (Lipinski definition) is 1. The van der Waals surface area contributed by atoms with Crippen molar-refractivity contribution in [2.45, 2.75) is 12.6 Å². The summed E-state index contributed by atoms with van der Waals surface area (Å²) in [6.07, 6.45) is -7.51. The van der Waals surface area contributed by atoms with Crippen LogP contribution in [0.3, 0.4) is 0 Å². The van der Waals surface area contributed by atoms with E-state index in [1.165, 1.54) is 18.2 Å². The average molecular weight is 293 g/mol. The van der Waals surface area contributed by atoms with E-state index in [4.69, 9.17) is 0 Å². The number of para-hydroxylation sites is 1. The lowest BCUT2D eigenvalue weighted by atomic mass is 10.2. The standard InChI is InChI=1S/C12H8F5NO2/c13-11(14)7-4-8(19)6-2-1-3-9(10(6)18-7)20-5-12(15,16)17/h1-4,11H,5H2,(H,18,19). The highest BCUT2D eigenvalue weighted by Gasteiger charge is 2.28. The van der Waals surface area contributed by atoms with E-state index in [0.717, 1.165) is 0 Å². The smallest absolute Gasteiger partial charge is 0.422 e. The van der Waals surface area contributed by atoms with Crippen LogP contribution in [0.1, 0.15) is 12.1 Å². The topological polar surface area (TPSA) is 42.1 Å². The summed E-state index contributed by atoms with van der Waals surface area (Å²) < 4.78 is 66.0. The molecule has 0 bridgehead atoms. The summed E-state index contributed by atoms with van der Waals surface area (Å²) in [7, 11) is 0. The zero-order chi connectivity index (χ0) is 14.9. The van der Waals surface area contributed by atoms with Crippen molar-refractivity contribution in [2.75, 3.05) is 6.61 Å². The maximum absolute atomic E-state index is 12.6. The number of H-pyrrole nitrogens is 1. The molecule has 0 atom stereocenters. The summed E-state index contributed by atoms with van der Waals surface area (Å²) in [6, 6.07) is 4.50. The zero-order valence-corrected chi connectivity index (χ0v) is 9.80. The summed E-state index contributed by atoms with van der Waals surface area (Å²) >= 11 is 0. The minimum atomic E-state index is -4.57. The molecule has 1 aromatic carbocycles. The van der Waals surface area contributed by atoms with Gasteiger partial charge in [-0.15, -0.1) is 0 Å². The van der Waals surface area contributed by atoms with Gasteiger partial charge in [0.15, 0.2) is 12.0 Å². The summed E-state index contributed by atoms with van der Waals surface area (Å²) in [5, 5.41) is -0.0194. The SMILES string of the molecule is O=c1cc(C(F)F)[nH]c2c(OCC(F)(F)F)cccc12. The number of alkyl halides is 5. The summed E-state index contributed by atoms with van der Waals surface area (Å²) in [5.41, 5.74) is -1.57. The van der Waals surface area contributed by atoms with Gasteiger partial charge in [-0.05, 0) is 12.1 Å². The van der Waals surface area contributed by atoms with E-state index >= 15 is 0 Å². The zero-order valence-electron chi connectivity index (χ0n) is 9.80. The third kappa shape index (κ3) is 3.06. The van der Waals surface area contributed by atoms with Crippen molar-refractivity contribution >= 4 is 10.9 Å². The van der Waals surface area contributed by atoms with Crippen LogP contribution in [-0.2, 0) is 0 Å². The molecule has 2 aromatic rings. The fourth-order valence-corrected chi connectivity index (χ4v) is 1.66. The fraction of sp³-hybridized carbons (Fsp3) is 0.250. The molecule has 3 nitrogen and oxygen atoms in total. The molecule has 0 aliphatic rings. The van der Waals surface area contributed by atoms with Crippen molar-refractivity contribution in [3.05, 3.63) is 40.2 Å². The molecule has 0 saturated heterocycles. The van der Waals surface area contributed by atoms with Crippen molar-refractivity contribution in [1.82, 2.24) is 4.98 Å². The molecule has 8 heteroatoms. The second-order valence-electron chi connectivity index (χ2n) is 3.97. The van der Waals surface area contributed by atoms with Crippen LogP contribution < -0.4 is 10.2 Å². The van der Waals surface area contributed by atoms with Crippen LogP contribution in [0, 0.1) is 0 Å². The predicted octanol–water partition coefficient (Wildman–Crippen LogP) is 3.41. The van der Waals surface area contributed by atoms with E-state index in [-0.39, 0.29) is 16.7 Å². The normalized spacial score (nSPS) is 12.1. The third-order valence-electron chi connectivity index (χ3n) is 2.47. The summed E-state index contributed by atoms with van der Waals surface area (Å²) in [4.78, 5) is 13.9. The number of ether oxygens (including phenoxy) is 1. The summed E-state index contributed by atoms with van der Waals surface area (Å²) in [6.45, 7) is -1.58. The Morgan fingerprint density at radius 1 is 1.25 bits per heavy atom. The van der Waals surface area contributed by atoms with E-state index in [0.29, 0.717) is 6.07 Å². The van der Waals surface area contributed by atoms with Crippen molar-refractivity contribution in [3.63, 3.8) is 0 Å². The molecule has 0 unspecified atom stereocenters. The summed E-state index contributed by atoms with van der Waals surface area (Å²) in [5.74, 6) is -0.306. The Hall–Kier alpha value is -2.12. The van der Waals surface area contributed by atoms with Crippen LogP contribution in [-0.4, -0.2) is 17.8 Å². The minimum Gasteiger partial charge on any atom is -0.482 e. The monoisotopic (exact) mass is 293 g/mol. The lowest BCUT2D eigenvalue weighted by Gasteiger charge is -2.12. The molecule has 0 fully saturated rings. The van der Waals surface area contributed by atoms with Gasteiger partial charge in [0.05, 0.1) is 11.2 Å². The van der Waals surface area contributed by atoms with Gasteiger partial charge in [-0.2, -0.15) is 13.2 Å². The van der Waals surface area contributed by atoms with Gasteiger partial charge in [-0.25, -0.2) is 8.78 Å². The molecule has 108 valence electrons. The first-order valence-electron chi connectivity index (χ1n) is 5.41. The van der Waals surface area contributed by atoms with E-state index in [2.05, 4.69) is 9.72 Å². The highest BCUT2D eigenvalue weighted by molar-refractivity contribution is 5.84. The highest BCUT2D eigenvalue weighted by atomic mass is 19.4. The predicted molar refractivity (Wildman–Crippen MR) is 61.1 cm³/mol. The maximum atomic E-state index is 12.6. The van der Waals surface area contributed by atoms with E-state index in [9.17, 15) is 26.7 Å². The Morgan fingerprint density at radius 2 is 1.95 bits per heavy atom. The molecule has 0 aliphatic heterocycles. The minimum absolute atomic E-state index is 0.0194. The molecule has 1 N–H and O–H groups in total. The Morgan fingerprint density at radius 3 is 2.55 bits per heavy atom. The number of rotatable bonds is 3. The van der Waals surface area contributed by atoms with Crippen molar-refractivity contribution in [2.24, 2.45) is 0 Å². The van der Waals surface area contributed by atoms with Gasteiger partial charge in [0.2, 0.25) is 0 Å². The van der Waals surface area contributed by atoms with Gasteiger partial charge >= 0.3 is 6.18 Å². The van der Waals surface area contributed by atoms with Crippen LogP contribution in [0.4, 0.5) is 22.0 Å². The van der Waals surface area contributed by atoms with Crippen LogP contribution in [0.5, 0.6) is 5.75 Å². The maximum Gasteiger partial charge on any atom is 0.422 e. The van der Waals surface area contributed by atoms with Crippen LogP contribution in [0.15, 0.2) is 29.1 Å². The Kier molecular flexibility index (Phi) is 3.65. The molecule has 0 amide bonds. The van der Waals surface area contributed by atoms with Crippen molar-refractivity contribution in [1.29, 1.82) is 0 Å². The van der Waals surface area contributed by atoms with Gasteiger partial charge in [-0.1, -0.05) is 6.07 Å². The number of fused-ring (bicyclic) bond motifs is 1. The second kappa shape index (κ2) is 5.10. The molecule has 1 heterocycles. The number of nitrogens with one attached hydrogen (secondary N) is 1. The van der Waals surface area contributed by atoms with Gasteiger partial charge in [-0.3, -0.25) is 4.79 Å². The molecule has 0 radical (unpaired) electrons. The van der Waals surface area contributed by atoms with Gasteiger partial charge in [0.1, 0.15) is 5.75 Å². The molecular formula is C12H8F5NO2. The fourth-order valence-electron chi connectivity index (χ4n) is 1.66. The van der Waals surface area contributed by atoms with Gasteiger partial charge < -0.3 is 9.72 Å². The van der Waals surface area contributed by atoms with E-state index < -0.39 is 30.3 Å². The molecule has 20 heavy (non-hydrogen) atoms. The number of pyridine rings is 1. The molecular weight excluding hydrogens is 285 g/mol. The van der Waals surface area contributed by atoms with Crippen LogP contribution in [0.2, 0.25) is 0 Å². The Balaban J connectivity index is 2.52. The highest BCUT2D eigenvalue weighted by Crippen LogP contribution is 2.26. The number of benzene rings is 1. The number of halogens is 5. The van der Waals surface area contributed by atoms with Crippen molar-refractivity contribution in [3.8, 4) is 5.75 Å². The lowest BCUT2D eigenvalue weighted by Crippen LogP contribution is -2.19. The Bertz CT molecular complexity index is 678. The molecule has 0 saturated carbocycles. The number of aromatic nitrogens is 1. The quantitative estimate of drug-likeness (QED) is 0.881. The van der Waals surface area contributed by atoms with Gasteiger partial charge in [0.25, 0.3) is 6.43 Å². The van der Waals surface area contributed by atoms with Crippen LogP contribution >= 0.6 is 0 Å². The molecule has 1 aromatic heterocycles. The van der Waals surface area contributed by atoms with E-state index in [1.54, 1.807) is 0 Å². The molecule has 2 rings (SSSR count). The first-order valence-corrected chi connectivity index (χ1v) is 5.41. The van der Waals surface area contributed by atoms with Crippen molar-refractivity contribution < 1.29 is 26.7 Å². The number of aromatic amines is 1. The van der Waals surface area contributed by atoms with Crippen LogP contribution in [0.25, 0.3) is 10.9 Å². The first kappa shape index (κ1) is 14.3. The number of hydrogen-bond acceptors (Lipinski definition) is 2. The molecule has 0 spiro atoms. The second-order valence-corrected chi connectivity index (χ2v) is 3.97. The first-order chi connectivity index (χ1) is 9.28.